The SMILES string of the molecule is [2H]c1c([2H])c([2H])c(-c2c(F)c(F)c(NC(=O)c3ccsc3C(=O)O)c(F)c2F)c(OC([2H])([2H])[2H])c1[2H]. The van der Waals surface area contributed by atoms with E-state index in [4.69, 9.17) is 14.7 Å². The quantitative estimate of drug-likeness (QED) is 0.443. The highest BCUT2D eigenvalue weighted by atomic mass is 32.1. The number of para-hydroxylation sites is 1. The molecule has 1 heterocycles. The first-order valence-electron chi connectivity index (χ1n) is 10.9. The maximum Gasteiger partial charge on any atom is 0.346 e. The lowest BCUT2D eigenvalue weighted by atomic mass is 10.0. The van der Waals surface area contributed by atoms with E-state index in [0.717, 1.165) is 6.07 Å². The third-order valence-corrected chi connectivity index (χ3v) is 4.51. The number of carbonyl (C=O) groups excluding carboxylic acids is 1. The van der Waals surface area contributed by atoms with E-state index in [1.165, 1.54) is 10.7 Å². The van der Waals surface area contributed by atoms with Gasteiger partial charge < -0.3 is 15.2 Å². The number of methoxy groups -OCH3 is 1. The van der Waals surface area contributed by atoms with E-state index in [0.29, 0.717) is 11.3 Å². The second kappa shape index (κ2) is 7.92. The molecule has 0 aliphatic carbocycles. The maximum absolute atomic E-state index is 15.1. The Kier molecular flexibility index (Phi) is 3.53. The molecule has 10 heteroatoms. The minimum atomic E-state index is -3.40. The number of rotatable bonds is 5. The molecule has 150 valence electrons. The lowest BCUT2D eigenvalue weighted by molar-refractivity contribution is 0.0698. The molecule has 0 aliphatic heterocycles. The van der Waals surface area contributed by atoms with Gasteiger partial charge in [-0.25, -0.2) is 22.4 Å². The van der Waals surface area contributed by atoms with Gasteiger partial charge in [-0.3, -0.25) is 4.79 Å². The number of ether oxygens (including phenoxy) is 1. The molecule has 3 rings (SSSR count). The summed E-state index contributed by atoms with van der Waals surface area (Å²) in [4.78, 5) is 23.0. The molecule has 1 amide bonds. The highest BCUT2D eigenvalue weighted by molar-refractivity contribution is 7.12. The minimum Gasteiger partial charge on any atom is -0.496 e. The van der Waals surface area contributed by atoms with E-state index < -0.39 is 99.4 Å². The number of hydrogen-bond donors (Lipinski definition) is 2. The highest BCUT2D eigenvalue weighted by Gasteiger charge is 2.29. The first kappa shape index (κ1) is 12.9. The first-order chi connectivity index (χ1) is 16.6. The Morgan fingerprint density at radius 3 is 2.41 bits per heavy atom. The smallest absolute Gasteiger partial charge is 0.346 e. The number of halogens is 4. The summed E-state index contributed by atoms with van der Waals surface area (Å²) >= 11 is 0.595. The lowest BCUT2D eigenvalue weighted by Crippen LogP contribution is -2.18. The van der Waals surface area contributed by atoms with Crippen LogP contribution in [0.5, 0.6) is 5.75 Å². The second-order valence-electron chi connectivity index (χ2n) is 5.23. The van der Waals surface area contributed by atoms with Crippen molar-refractivity contribution in [2.75, 3.05) is 12.4 Å². The summed E-state index contributed by atoms with van der Waals surface area (Å²) in [5.41, 5.74) is -5.29. The van der Waals surface area contributed by atoms with Crippen LogP contribution in [-0.2, 0) is 0 Å². The number of carboxylic acids is 1. The molecule has 5 nitrogen and oxygen atoms in total. The van der Waals surface area contributed by atoms with Gasteiger partial charge in [0.15, 0.2) is 23.3 Å². The zero-order valence-corrected chi connectivity index (χ0v) is 14.6. The summed E-state index contributed by atoms with van der Waals surface area (Å²) < 4.78 is 117. The van der Waals surface area contributed by atoms with Crippen molar-refractivity contribution in [2.45, 2.75) is 0 Å². The van der Waals surface area contributed by atoms with E-state index in [9.17, 15) is 18.4 Å². The van der Waals surface area contributed by atoms with E-state index in [2.05, 4.69) is 4.74 Å². The van der Waals surface area contributed by atoms with Crippen molar-refractivity contribution in [3.63, 3.8) is 0 Å². The molecule has 0 aliphatic rings. The van der Waals surface area contributed by atoms with Gasteiger partial charge in [-0.1, -0.05) is 18.1 Å². The zero-order chi connectivity index (χ0) is 27.3. The average molecular weight is 432 g/mol. The Balaban J connectivity index is 2.26. The summed E-state index contributed by atoms with van der Waals surface area (Å²) in [6.45, 7) is 0. The third kappa shape index (κ3) is 3.54. The molecular formula is C19H11F4NO4S. The summed E-state index contributed by atoms with van der Waals surface area (Å²) in [6, 6.07) is -3.66. The van der Waals surface area contributed by atoms with Crippen molar-refractivity contribution in [1.29, 1.82) is 0 Å². The van der Waals surface area contributed by atoms with Gasteiger partial charge in [0.05, 0.1) is 27.8 Å². The number of aromatic carboxylic acids is 1. The Morgan fingerprint density at radius 1 is 1.14 bits per heavy atom. The molecule has 0 bridgehead atoms. The number of benzene rings is 2. The number of anilines is 1. The van der Waals surface area contributed by atoms with Crippen LogP contribution < -0.4 is 10.1 Å². The molecule has 0 spiro atoms. The van der Waals surface area contributed by atoms with Crippen LogP contribution in [0.1, 0.15) is 29.6 Å². The normalized spacial score (nSPS) is 14.6. The van der Waals surface area contributed by atoms with Crippen molar-refractivity contribution < 1.29 is 46.6 Å². The Bertz CT molecular complexity index is 1400. The molecular weight excluding hydrogens is 414 g/mol. The number of carbonyl (C=O) groups is 2. The van der Waals surface area contributed by atoms with E-state index in [-0.39, 0.29) is 0 Å². The predicted molar refractivity (Wildman–Crippen MR) is 97.5 cm³/mol. The van der Waals surface area contributed by atoms with Crippen LogP contribution >= 0.6 is 11.3 Å². The molecule has 2 aromatic carbocycles. The molecule has 3 aromatic rings. The van der Waals surface area contributed by atoms with Crippen LogP contribution in [0.2, 0.25) is 0 Å². The molecule has 0 saturated heterocycles. The van der Waals surface area contributed by atoms with Crippen molar-refractivity contribution in [1.82, 2.24) is 0 Å². The van der Waals surface area contributed by atoms with Crippen LogP contribution in [0.4, 0.5) is 23.2 Å². The van der Waals surface area contributed by atoms with Crippen molar-refractivity contribution in [2.24, 2.45) is 0 Å². The van der Waals surface area contributed by atoms with E-state index in [1.54, 1.807) is 0 Å². The van der Waals surface area contributed by atoms with Crippen LogP contribution in [-0.4, -0.2) is 24.0 Å². The largest absolute Gasteiger partial charge is 0.496 e. The molecule has 0 atom stereocenters. The van der Waals surface area contributed by atoms with E-state index in [1.807, 2.05) is 0 Å². The Hall–Kier alpha value is -3.40. The minimum absolute atomic E-state index is 0.530. The van der Waals surface area contributed by atoms with Gasteiger partial charge in [0.2, 0.25) is 0 Å². The monoisotopic (exact) mass is 432 g/mol. The summed E-state index contributed by atoms with van der Waals surface area (Å²) in [6.07, 6.45) is 0. The van der Waals surface area contributed by atoms with Gasteiger partial charge in [0.1, 0.15) is 16.3 Å². The van der Waals surface area contributed by atoms with Crippen LogP contribution in [0.25, 0.3) is 11.1 Å². The fourth-order valence-electron chi connectivity index (χ4n) is 2.35. The van der Waals surface area contributed by atoms with Gasteiger partial charge in [-0.2, -0.15) is 0 Å². The molecule has 0 unspecified atom stereocenters. The van der Waals surface area contributed by atoms with Crippen molar-refractivity contribution in [3.05, 3.63) is 69.3 Å². The fourth-order valence-corrected chi connectivity index (χ4v) is 3.08. The van der Waals surface area contributed by atoms with Crippen LogP contribution in [0.3, 0.4) is 0 Å². The number of hydrogen-bond acceptors (Lipinski definition) is 4. The molecule has 29 heavy (non-hydrogen) atoms. The van der Waals surface area contributed by atoms with Gasteiger partial charge in [0.25, 0.3) is 5.91 Å². The second-order valence-corrected chi connectivity index (χ2v) is 6.15. The first-order valence-corrected chi connectivity index (χ1v) is 8.24. The van der Waals surface area contributed by atoms with Gasteiger partial charge in [0, 0.05) is 5.56 Å². The van der Waals surface area contributed by atoms with Gasteiger partial charge >= 0.3 is 5.97 Å². The predicted octanol–water partition coefficient (Wildman–Crippen LogP) is 4.93. The molecule has 0 radical (unpaired) electrons. The van der Waals surface area contributed by atoms with Crippen molar-refractivity contribution >= 4 is 28.9 Å². The fraction of sp³-hybridized carbons (Fsp3) is 0.0526. The highest BCUT2D eigenvalue weighted by Crippen LogP contribution is 2.38. The number of amides is 1. The van der Waals surface area contributed by atoms with Crippen LogP contribution in [0.15, 0.2) is 35.6 Å². The number of carboxylic acid groups (broad SMARTS) is 1. The molecule has 0 fully saturated rings. The zero-order valence-electron chi connectivity index (χ0n) is 20.7. The Labute approximate surface area is 175 Å². The topological polar surface area (TPSA) is 75.6 Å². The lowest BCUT2D eigenvalue weighted by Gasteiger charge is -2.15. The third-order valence-electron chi connectivity index (χ3n) is 3.61. The summed E-state index contributed by atoms with van der Waals surface area (Å²) in [7, 11) is -3.40. The number of nitrogens with one attached hydrogen (secondary N) is 1. The van der Waals surface area contributed by atoms with Crippen molar-refractivity contribution in [3.8, 4) is 16.9 Å². The van der Waals surface area contributed by atoms with E-state index >= 15 is 8.78 Å². The molecule has 2 N–H and O–H groups in total. The molecule has 0 saturated carbocycles. The van der Waals surface area contributed by atoms with Gasteiger partial charge in [-0.05, 0) is 17.5 Å². The van der Waals surface area contributed by atoms with Gasteiger partial charge in [-0.15, -0.1) is 11.3 Å². The maximum atomic E-state index is 15.1. The summed E-state index contributed by atoms with van der Waals surface area (Å²) in [5.74, 6) is -13.2. The standard InChI is InChI=1S/C19H11F4NO4S/c1-28-10-5-3-2-4-8(10)11-12(20)14(22)16(15(23)13(11)21)24-18(25)9-6-7-29-17(9)19(26)27/h2-7H,1H3,(H,24,25)(H,26,27)/i1D3,2D,3D,4D,5D. The average Bonchev–Trinajstić information content (AvgIpc) is 3.29. The summed E-state index contributed by atoms with van der Waals surface area (Å²) in [5, 5.41) is 11.8. The number of thiophene rings is 1. The Morgan fingerprint density at radius 2 is 1.79 bits per heavy atom. The van der Waals surface area contributed by atoms with Crippen LogP contribution in [0, 0.1) is 23.3 Å². The molecule has 1 aromatic heterocycles.